The topological polar surface area (TPSA) is 72.5 Å². The van der Waals surface area contributed by atoms with Crippen LogP contribution in [-0.4, -0.2) is 28.2 Å². The largest absolute Gasteiger partial charge is 0.469 e. The van der Waals surface area contributed by atoms with Gasteiger partial charge >= 0.3 is 5.97 Å². The van der Waals surface area contributed by atoms with E-state index in [0.29, 0.717) is 44.9 Å². The number of hydrogen-bond donors (Lipinski definition) is 1. The van der Waals surface area contributed by atoms with Crippen molar-refractivity contribution in [2.45, 2.75) is 55.9 Å². The van der Waals surface area contributed by atoms with Crippen molar-refractivity contribution < 1.29 is 26.7 Å². The molecule has 0 saturated heterocycles. The molecule has 0 spiro atoms. The molecule has 0 amide bonds. The lowest BCUT2D eigenvalue weighted by Crippen LogP contribution is -2.28. The lowest BCUT2D eigenvalue weighted by atomic mass is 9.99. The van der Waals surface area contributed by atoms with E-state index in [9.17, 15) is 22.0 Å². The molecule has 0 aliphatic heterocycles. The van der Waals surface area contributed by atoms with E-state index in [1.54, 1.807) is 0 Å². The number of benzene rings is 2. The van der Waals surface area contributed by atoms with Crippen LogP contribution in [0.2, 0.25) is 0 Å². The SMILES string of the molecule is COC(=O)CCCc1ccc(C(CCCCCF)NS(=O)(=O)c2ccc(F)cc2)cc1. The fraction of sp³-hybridized carbons (Fsp3) is 0.435. The van der Waals surface area contributed by atoms with Crippen LogP contribution in [0.1, 0.15) is 55.7 Å². The Labute approximate surface area is 182 Å². The van der Waals surface area contributed by atoms with Crippen LogP contribution in [0.5, 0.6) is 0 Å². The molecule has 2 aromatic carbocycles. The van der Waals surface area contributed by atoms with E-state index >= 15 is 0 Å². The van der Waals surface area contributed by atoms with E-state index < -0.39 is 28.6 Å². The van der Waals surface area contributed by atoms with Gasteiger partial charge < -0.3 is 4.74 Å². The van der Waals surface area contributed by atoms with Crippen LogP contribution in [0.25, 0.3) is 0 Å². The summed E-state index contributed by atoms with van der Waals surface area (Å²) < 4.78 is 58.5. The van der Waals surface area contributed by atoms with Crippen LogP contribution in [0, 0.1) is 5.82 Å². The highest BCUT2D eigenvalue weighted by Crippen LogP contribution is 2.24. The summed E-state index contributed by atoms with van der Waals surface area (Å²) in [5.41, 5.74) is 1.83. The number of rotatable bonds is 13. The van der Waals surface area contributed by atoms with E-state index in [-0.39, 0.29) is 10.9 Å². The maximum absolute atomic E-state index is 13.2. The first-order valence-electron chi connectivity index (χ1n) is 10.3. The minimum absolute atomic E-state index is 0.0120. The van der Waals surface area contributed by atoms with Gasteiger partial charge in [0.1, 0.15) is 5.82 Å². The molecule has 2 aromatic rings. The van der Waals surface area contributed by atoms with Gasteiger partial charge in [-0.15, -0.1) is 0 Å². The highest BCUT2D eigenvalue weighted by molar-refractivity contribution is 7.89. The first-order chi connectivity index (χ1) is 14.9. The Morgan fingerprint density at radius 1 is 1.00 bits per heavy atom. The van der Waals surface area contributed by atoms with Crippen molar-refractivity contribution in [3.05, 3.63) is 65.5 Å². The Hall–Kier alpha value is -2.32. The molecule has 1 unspecified atom stereocenters. The minimum atomic E-state index is -3.85. The van der Waals surface area contributed by atoms with Crippen LogP contribution in [-0.2, 0) is 26.0 Å². The van der Waals surface area contributed by atoms with Crippen molar-refractivity contribution in [1.29, 1.82) is 0 Å². The van der Waals surface area contributed by atoms with Gasteiger partial charge in [-0.25, -0.2) is 17.5 Å². The van der Waals surface area contributed by atoms with Gasteiger partial charge in [0, 0.05) is 12.5 Å². The lowest BCUT2D eigenvalue weighted by molar-refractivity contribution is -0.140. The summed E-state index contributed by atoms with van der Waals surface area (Å²) in [6, 6.07) is 11.7. The molecule has 31 heavy (non-hydrogen) atoms. The summed E-state index contributed by atoms with van der Waals surface area (Å²) in [6.07, 6.45) is 4.00. The second-order valence-corrected chi connectivity index (χ2v) is 9.05. The third-order valence-corrected chi connectivity index (χ3v) is 6.49. The molecule has 0 aliphatic rings. The molecule has 0 heterocycles. The Morgan fingerprint density at radius 3 is 2.29 bits per heavy atom. The number of carbonyl (C=O) groups excluding carboxylic acids is 1. The summed E-state index contributed by atoms with van der Waals surface area (Å²) in [5, 5.41) is 0. The number of aryl methyl sites for hydroxylation is 1. The Balaban J connectivity index is 2.11. The summed E-state index contributed by atoms with van der Waals surface area (Å²) in [6.45, 7) is -0.397. The molecule has 0 fully saturated rings. The Kier molecular flexibility index (Phi) is 10.1. The number of unbranched alkanes of at least 4 members (excludes halogenated alkanes) is 2. The van der Waals surface area contributed by atoms with E-state index in [1.807, 2.05) is 24.3 Å². The van der Waals surface area contributed by atoms with E-state index in [1.165, 1.54) is 19.2 Å². The number of alkyl halides is 1. The summed E-state index contributed by atoms with van der Waals surface area (Å²) >= 11 is 0. The molecule has 0 aromatic heterocycles. The third kappa shape index (κ3) is 8.38. The van der Waals surface area contributed by atoms with E-state index in [0.717, 1.165) is 23.3 Å². The van der Waals surface area contributed by atoms with Crippen molar-refractivity contribution in [1.82, 2.24) is 4.72 Å². The lowest BCUT2D eigenvalue weighted by Gasteiger charge is -2.20. The highest BCUT2D eigenvalue weighted by Gasteiger charge is 2.21. The predicted octanol–water partition coefficient (Wildman–Crippen LogP) is 4.87. The van der Waals surface area contributed by atoms with Gasteiger partial charge in [-0.3, -0.25) is 9.18 Å². The van der Waals surface area contributed by atoms with Crippen molar-refractivity contribution in [2.24, 2.45) is 0 Å². The molecule has 0 saturated carbocycles. The molecule has 1 N–H and O–H groups in total. The number of halogens is 2. The molecule has 8 heteroatoms. The number of ether oxygens (including phenoxy) is 1. The number of methoxy groups -OCH3 is 1. The van der Waals surface area contributed by atoms with Crippen LogP contribution < -0.4 is 4.72 Å². The first kappa shape index (κ1) is 24.9. The molecule has 170 valence electrons. The second-order valence-electron chi connectivity index (χ2n) is 7.34. The zero-order valence-electron chi connectivity index (χ0n) is 17.7. The normalized spacial score (nSPS) is 12.5. The van der Waals surface area contributed by atoms with Crippen LogP contribution in [0.3, 0.4) is 0 Å². The fourth-order valence-corrected chi connectivity index (χ4v) is 4.50. The van der Waals surface area contributed by atoms with Gasteiger partial charge in [-0.2, -0.15) is 0 Å². The van der Waals surface area contributed by atoms with Crippen molar-refractivity contribution in [3.63, 3.8) is 0 Å². The van der Waals surface area contributed by atoms with Crippen LogP contribution >= 0.6 is 0 Å². The summed E-state index contributed by atoms with van der Waals surface area (Å²) in [5.74, 6) is -0.760. The number of nitrogens with one attached hydrogen (secondary N) is 1. The smallest absolute Gasteiger partial charge is 0.305 e. The van der Waals surface area contributed by atoms with E-state index in [4.69, 9.17) is 0 Å². The predicted molar refractivity (Wildman–Crippen MR) is 115 cm³/mol. The van der Waals surface area contributed by atoms with Crippen molar-refractivity contribution in [2.75, 3.05) is 13.8 Å². The number of carbonyl (C=O) groups is 1. The quantitative estimate of drug-likeness (QED) is 0.347. The maximum Gasteiger partial charge on any atom is 0.305 e. The van der Waals surface area contributed by atoms with Gasteiger partial charge in [0.05, 0.1) is 18.7 Å². The first-order valence-corrected chi connectivity index (χ1v) is 11.8. The molecule has 0 radical (unpaired) electrons. The highest BCUT2D eigenvalue weighted by atomic mass is 32.2. The average Bonchev–Trinajstić information content (AvgIpc) is 2.76. The Bertz CT molecular complexity index is 916. The average molecular weight is 454 g/mol. The third-order valence-electron chi connectivity index (χ3n) is 5.00. The fourth-order valence-electron chi connectivity index (χ4n) is 3.24. The van der Waals surface area contributed by atoms with Gasteiger partial charge in [0.25, 0.3) is 0 Å². The molecule has 0 aliphatic carbocycles. The molecule has 2 rings (SSSR count). The van der Waals surface area contributed by atoms with Gasteiger partial charge in [-0.05, 0) is 61.1 Å². The van der Waals surface area contributed by atoms with Crippen LogP contribution in [0.4, 0.5) is 8.78 Å². The van der Waals surface area contributed by atoms with Crippen molar-refractivity contribution in [3.8, 4) is 0 Å². The number of esters is 1. The summed E-state index contributed by atoms with van der Waals surface area (Å²) in [7, 11) is -2.49. The van der Waals surface area contributed by atoms with Crippen LogP contribution in [0.15, 0.2) is 53.4 Å². The zero-order valence-corrected chi connectivity index (χ0v) is 18.5. The maximum atomic E-state index is 13.2. The molecular weight excluding hydrogens is 424 g/mol. The number of hydrogen-bond acceptors (Lipinski definition) is 4. The van der Waals surface area contributed by atoms with Gasteiger partial charge in [0.15, 0.2) is 0 Å². The molecule has 0 bridgehead atoms. The molecule has 5 nitrogen and oxygen atoms in total. The summed E-state index contributed by atoms with van der Waals surface area (Å²) in [4.78, 5) is 11.2. The minimum Gasteiger partial charge on any atom is -0.469 e. The molecular formula is C23H29F2NO4S. The van der Waals surface area contributed by atoms with Crippen molar-refractivity contribution >= 4 is 16.0 Å². The van der Waals surface area contributed by atoms with Gasteiger partial charge in [-0.1, -0.05) is 37.1 Å². The second kappa shape index (κ2) is 12.5. The zero-order chi connectivity index (χ0) is 22.7. The number of sulfonamides is 1. The van der Waals surface area contributed by atoms with Gasteiger partial charge in [0.2, 0.25) is 10.0 Å². The Morgan fingerprint density at radius 2 is 1.68 bits per heavy atom. The monoisotopic (exact) mass is 453 g/mol. The molecule has 1 atom stereocenters. The standard InChI is InChI=1S/C23H29F2NO4S/c1-30-23(27)8-5-6-18-9-11-19(12-10-18)22(7-3-2-4-17-24)26-31(28,29)21-15-13-20(25)14-16-21/h9-16,22,26H,2-8,17H2,1H3. The van der Waals surface area contributed by atoms with E-state index in [2.05, 4.69) is 9.46 Å².